The molecule has 2 nitrogen and oxygen atoms in total. The first-order valence-electron chi connectivity index (χ1n) is 8.08. The van der Waals surface area contributed by atoms with Crippen LogP contribution in [0.15, 0.2) is 48.7 Å². The van der Waals surface area contributed by atoms with Crippen molar-refractivity contribution in [3.05, 3.63) is 59.8 Å². The molecule has 0 aliphatic heterocycles. The molecule has 2 heteroatoms. The van der Waals surface area contributed by atoms with E-state index in [1.807, 2.05) is 12.3 Å². The lowest BCUT2D eigenvalue weighted by Crippen LogP contribution is -2.24. The minimum Gasteiger partial charge on any atom is -0.363 e. The molecule has 1 aromatic carbocycles. The zero-order valence-electron chi connectivity index (χ0n) is 12.8. The summed E-state index contributed by atoms with van der Waals surface area (Å²) in [4.78, 5) is 4.53. The van der Waals surface area contributed by atoms with Gasteiger partial charge in [0.05, 0.1) is 6.04 Å². The molecule has 2 aromatic rings. The first-order valence-corrected chi connectivity index (χ1v) is 8.08. The van der Waals surface area contributed by atoms with Gasteiger partial charge in [0.25, 0.3) is 0 Å². The van der Waals surface area contributed by atoms with E-state index in [1.54, 1.807) is 0 Å². The summed E-state index contributed by atoms with van der Waals surface area (Å²) in [6, 6.07) is 15.3. The number of hydrogen-bond donors (Lipinski definition) is 1. The molecule has 21 heavy (non-hydrogen) atoms. The van der Waals surface area contributed by atoms with Crippen molar-refractivity contribution < 1.29 is 0 Å². The predicted octanol–water partition coefficient (Wildman–Crippen LogP) is 5.12. The average molecular weight is 280 g/mol. The van der Waals surface area contributed by atoms with Gasteiger partial charge in [-0.3, -0.25) is 0 Å². The topological polar surface area (TPSA) is 24.9 Å². The summed E-state index contributed by atoms with van der Waals surface area (Å²) in [6.07, 6.45) is 8.61. The fourth-order valence-electron chi connectivity index (χ4n) is 3.39. The van der Waals surface area contributed by atoms with Crippen LogP contribution in [0.3, 0.4) is 0 Å². The van der Waals surface area contributed by atoms with Crippen molar-refractivity contribution in [1.29, 1.82) is 0 Å². The number of aryl methyl sites for hydroxylation is 1. The van der Waals surface area contributed by atoms with E-state index in [1.165, 1.54) is 43.2 Å². The number of benzene rings is 1. The summed E-state index contributed by atoms with van der Waals surface area (Å²) in [6.45, 7) is 2.12. The summed E-state index contributed by atoms with van der Waals surface area (Å²) in [5, 5.41) is 3.72. The Morgan fingerprint density at radius 2 is 1.76 bits per heavy atom. The van der Waals surface area contributed by atoms with Gasteiger partial charge in [-0.05, 0) is 42.9 Å². The fourth-order valence-corrected chi connectivity index (χ4v) is 3.39. The van der Waals surface area contributed by atoms with Crippen LogP contribution in [0.5, 0.6) is 0 Å². The third-order valence-corrected chi connectivity index (χ3v) is 4.58. The lowest BCUT2D eigenvalue weighted by atomic mass is 9.81. The summed E-state index contributed by atoms with van der Waals surface area (Å²) in [5.74, 6) is 1.74. The third-order valence-electron chi connectivity index (χ3n) is 4.58. The molecule has 1 saturated carbocycles. The largest absolute Gasteiger partial charge is 0.363 e. The summed E-state index contributed by atoms with van der Waals surface area (Å²) < 4.78 is 0. The van der Waals surface area contributed by atoms with Gasteiger partial charge in [-0.1, -0.05) is 55.7 Å². The smallest absolute Gasteiger partial charge is 0.129 e. The number of rotatable bonds is 4. The highest BCUT2D eigenvalue weighted by Crippen LogP contribution is 2.36. The van der Waals surface area contributed by atoms with Crippen LogP contribution in [0.1, 0.15) is 49.3 Å². The van der Waals surface area contributed by atoms with E-state index in [2.05, 4.69) is 53.6 Å². The van der Waals surface area contributed by atoms with E-state index < -0.39 is 0 Å². The minimum absolute atomic E-state index is 0.375. The standard InChI is InChI=1S/C19H24N2/c1-15-9-8-14-20-19(15)21-18(16-10-4-2-5-11-16)17-12-6-3-7-13-17/h2,4-5,8-11,14,17-18H,3,6-7,12-13H2,1H3,(H,20,21). The van der Waals surface area contributed by atoms with E-state index >= 15 is 0 Å². The Hall–Kier alpha value is -1.83. The lowest BCUT2D eigenvalue weighted by Gasteiger charge is -2.32. The SMILES string of the molecule is Cc1cccnc1NC(c1ccccc1)C1CCCCC1. The molecule has 1 aromatic heterocycles. The summed E-state index contributed by atoms with van der Waals surface area (Å²) in [7, 11) is 0. The maximum absolute atomic E-state index is 4.53. The second-order valence-corrected chi connectivity index (χ2v) is 6.10. The second kappa shape index (κ2) is 6.75. The van der Waals surface area contributed by atoms with Crippen LogP contribution in [0.25, 0.3) is 0 Å². The van der Waals surface area contributed by atoms with Gasteiger partial charge in [0.15, 0.2) is 0 Å². The van der Waals surface area contributed by atoms with Gasteiger partial charge in [0, 0.05) is 6.20 Å². The van der Waals surface area contributed by atoms with E-state index in [0.29, 0.717) is 12.0 Å². The van der Waals surface area contributed by atoms with Crippen LogP contribution in [-0.4, -0.2) is 4.98 Å². The Labute approximate surface area is 127 Å². The molecular formula is C19H24N2. The molecule has 0 radical (unpaired) electrons. The molecule has 0 saturated heterocycles. The third kappa shape index (κ3) is 3.44. The normalized spacial score (nSPS) is 17.4. The Balaban J connectivity index is 1.87. The van der Waals surface area contributed by atoms with Crippen LogP contribution < -0.4 is 5.32 Å². The highest BCUT2D eigenvalue weighted by molar-refractivity contribution is 5.45. The van der Waals surface area contributed by atoms with Gasteiger partial charge in [0.2, 0.25) is 0 Å². The molecule has 1 fully saturated rings. The quantitative estimate of drug-likeness (QED) is 0.840. The Kier molecular flexibility index (Phi) is 4.54. The first kappa shape index (κ1) is 14.1. The van der Waals surface area contributed by atoms with Crippen LogP contribution >= 0.6 is 0 Å². The zero-order valence-corrected chi connectivity index (χ0v) is 12.8. The maximum atomic E-state index is 4.53. The van der Waals surface area contributed by atoms with E-state index in [0.717, 1.165) is 5.82 Å². The van der Waals surface area contributed by atoms with Crippen LogP contribution in [0, 0.1) is 12.8 Å². The van der Waals surface area contributed by atoms with Crippen molar-refractivity contribution in [1.82, 2.24) is 4.98 Å². The maximum Gasteiger partial charge on any atom is 0.129 e. The molecule has 1 aliphatic rings. The molecule has 1 N–H and O–H groups in total. The van der Waals surface area contributed by atoms with Crippen molar-refractivity contribution in [2.75, 3.05) is 5.32 Å². The number of pyridine rings is 1. The number of nitrogens with one attached hydrogen (secondary N) is 1. The van der Waals surface area contributed by atoms with Crippen molar-refractivity contribution in [3.8, 4) is 0 Å². The summed E-state index contributed by atoms with van der Waals surface area (Å²) in [5.41, 5.74) is 2.60. The fraction of sp³-hybridized carbons (Fsp3) is 0.421. The molecule has 110 valence electrons. The Bertz CT molecular complexity index is 559. The number of anilines is 1. The Morgan fingerprint density at radius 1 is 1.00 bits per heavy atom. The first-order chi connectivity index (χ1) is 10.3. The van der Waals surface area contributed by atoms with Gasteiger partial charge in [-0.25, -0.2) is 4.98 Å². The molecule has 1 atom stereocenters. The van der Waals surface area contributed by atoms with E-state index in [-0.39, 0.29) is 0 Å². The second-order valence-electron chi connectivity index (χ2n) is 6.10. The van der Waals surface area contributed by atoms with Gasteiger partial charge in [-0.15, -0.1) is 0 Å². The number of hydrogen-bond acceptors (Lipinski definition) is 2. The zero-order chi connectivity index (χ0) is 14.5. The van der Waals surface area contributed by atoms with Gasteiger partial charge in [-0.2, -0.15) is 0 Å². The highest BCUT2D eigenvalue weighted by Gasteiger charge is 2.25. The molecular weight excluding hydrogens is 256 g/mol. The van der Waals surface area contributed by atoms with Crippen molar-refractivity contribution in [2.45, 2.75) is 45.1 Å². The molecule has 0 amide bonds. The van der Waals surface area contributed by atoms with Gasteiger partial charge >= 0.3 is 0 Å². The van der Waals surface area contributed by atoms with Crippen molar-refractivity contribution >= 4 is 5.82 Å². The Morgan fingerprint density at radius 3 is 2.48 bits per heavy atom. The van der Waals surface area contributed by atoms with Crippen molar-refractivity contribution in [3.63, 3.8) is 0 Å². The molecule has 0 spiro atoms. The molecule has 1 heterocycles. The van der Waals surface area contributed by atoms with E-state index in [4.69, 9.17) is 0 Å². The van der Waals surface area contributed by atoms with Crippen LogP contribution in [0.2, 0.25) is 0 Å². The van der Waals surface area contributed by atoms with E-state index in [9.17, 15) is 0 Å². The van der Waals surface area contributed by atoms with Crippen LogP contribution in [-0.2, 0) is 0 Å². The molecule has 1 aliphatic carbocycles. The van der Waals surface area contributed by atoms with Gasteiger partial charge < -0.3 is 5.32 Å². The lowest BCUT2D eigenvalue weighted by molar-refractivity contribution is 0.320. The molecule has 1 unspecified atom stereocenters. The molecule has 0 bridgehead atoms. The highest BCUT2D eigenvalue weighted by atomic mass is 15.0. The average Bonchev–Trinajstić information content (AvgIpc) is 2.56. The number of aromatic nitrogens is 1. The minimum atomic E-state index is 0.375. The van der Waals surface area contributed by atoms with Crippen LogP contribution in [0.4, 0.5) is 5.82 Å². The summed E-state index contributed by atoms with van der Waals surface area (Å²) >= 11 is 0. The van der Waals surface area contributed by atoms with Gasteiger partial charge in [0.1, 0.15) is 5.82 Å². The van der Waals surface area contributed by atoms with Crippen molar-refractivity contribution in [2.24, 2.45) is 5.92 Å². The monoisotopic (exact) mass is 280 g/mol. The number of nitrogens with zero attached hydrogens (tertiary/aromatic N) is 1. The molecule has 3 rings (SSSR count). The predicted molar refractivity (Wildman–Crippen MR) is 88.4 cm³/mol.